The van der Waals surface area contributed by atoms with Crippen molar-refractivity contribution in [2.75, 3.05) is 0 Å². The predicted octanol–water partition coefficient (Wildman–Crippen LogP) is -5.35. The molecule has 0 heterocycles. The Morgan fingerprint density at radius 1 is 0.556 bits per heavy atom. The Labute approximate surface area is 146 Å². The van der Waals surface area contributed by atoms with E-state index in [0.29, 0.717) is 21.0 Å². The van der Waals surface area contributed by atoms with Crippen molar-refractivity contribution in [1.82, 2.24) is 0 Å². The Bertz CT molecular complexity index is 14.9. The SMILES string of the molecule is F.F.F.F.F.[K+].[K+].[O]=[Nb]. The normalized spacial score (nSPS) is 0.333. The zero-order chi connectivity index (χ0) is 2.00. The van der Waals surface area contributed by atoms with Crippen molar-refractivity contribution in [3.63, 3.8) is 0 Å². The van der Waals surface area contributed by atoms with Gasteiger partial charge in [-0.2, -0.15) is 0 Å². The third kappa shape index (κ3) is 85.6. The fourth-order valence-corrected chi connectivity index (χ4v) is 0. The number of halogens is 5. The molecule has 9 heteroatoms. The number of hydrogen-bond acceptors (Lipinski definition) is 1. The van der Waals surface area contributed by atoms with E-state index in [9.17, 15) is 0 Å². The third-order valence-corrected chi connectivity index (χ3v) is 0. The van der Waals surface area contributed by atoms with Gasteiger partial charge in [0, 0.05) is 0 Å². The Hall–Kier alpha value is 3.46. The van der Waals surface area contributed by atoms with E-state index in [1.807, 2.05) is 0 Å². The summed E-state index contributed by atoms with van der Waals surface area (Å²) in [6.07, 6.45) is 0. The van der Waals surface area contributed by atoms with E-state index in [4.69, 9.17) is 3.25 Å². The van der Waals surface area contributed by atoms with Gasteiger partial charge in [-0.25, -0.2) is 0 Å². The second kappa shape index (κ2) is 105. The van der Waals surface area contributed by atoms with E-state index in [1.54, 1.807) is 0 Å². The average Bonchev–Trinajstić information content (AvgIpc) is 1.00. The second-order valence-electron chi connectivity index (χ2n) is 0. The molecule has 0 atom stereocenters. The summed E-state index contributed by atoms with van der Waals surface area (Å²) in [5, 5.41) is 0. The van der Waals surface area contributed by atoms with Crippen molar-refractivity contribution >= 4 is 0 Å². The molecule has 0 aliphatic heterocycles. The van der Waals surface area contributed by atoms with Crippen LogP contribution in [-0.4, -0.2) is 0 Å². The molecular formula is H5F5K2NbO+2. The Morgan fingerprint density at radius 2 is 0.556 bits per heavy atom. The molecule has 0 aromatic carbocycles. The molecule has 0 rings (SSSR count). The monoisotopic (exact) mass is 287 g/mol. The quantitative estimate of drug-likeness (QED) is 0.321. The number of hydrogen-bond donors (Lipinski definition) is 0. The molecular weight excluding hydrogens is 282 g/mol. The fraction of sp³-hybridized carbons (Fsp3) is 0. The van der Waals surface area contributed by atoms with Crippen molar-refractivity contribution in [3.8, 4) is 0 Å². The molecule has 0 spiro atoms. The van der Waals surface area contributed by atoms with Crippen LogP contribution in [0.15, 0.2) is 0 Å². The van der Waals surface area contributed by atoms with Gasteiger partial charge < -0.3 is 0 Å². The van der Waals surface area contributed by atoms with E-state index in [2.05, 4.69) is 0 Å². The van der Waals surface area contributed by atoms with Crippen LogP contribution < -0.4 is 103 Å². The molecule has 0 aliphatic carbocycles. The molecule has 51 valence electrons. The third-order valence-electron chi connectivity index (χ3n) is 0. The standard InChI is InChI=1S/5FH.2K.Nb.O/h5*1H;;;;/q;;;;;2*+1;;. The summed E-state index contributed by atoms with van der Waals surface area (Å²) in [5.41, 5.74) is 0. The summed E-state index contributed by atoms with van der Waals surface area (Å²) in [7, 11) is 0. The van der Waals surface area contributed by atoms with E-state index in [-0.39, 0.29) is 126 Å². The van der Waals surface area contributed by atoms with Crippen LogP contribution in [0.4, 0.5) is 23.5 Å². The van der Waals surface area contributed by atoms with Crippen molar-refractivity contribution < 1.29 is 151 Å². The Morgan fingerprint density at radius 3 is 0.556 bits per heavy atom. The van der Waals surface area contributed by atoms with E-state index in [0.717, 1.165) is 0 Å². The molecule has 1 nitrogen and oxygen atoms in total. The molecule has 0 bridgehead atoms. The zero-order valence-corrected chi connectivity index (χ0v) is 13.3. The summed E-state index contributed by atoms with van der Waals surface area (Å²) in [4.78, 5) is 0. The van der Waals surface area contributed by atoms with E-state index in [1.165, 1.54) is 0 Å². The van der Waals surface area contributed by atoms with Gasteiger partial charge in [-0.1, -0.05) is 0 Å². The van der Waals surface area contributed by atoms with Gasteiger partial charge in [-0.05, 0) is 0 Å². The minimum absolute atomic E-state index is 0. The van der Waals surface area contributed by atoms with Crippen molar-refractivity contribution in [2.24, 2.45) is 0 Å². The molecule has 9 heavy (non-hydrogen) atoms. The molecule has 0 N–H and O–H groups in total. The van der Waals surface area contributed by atoms with Crippen LogP contribution in [0.5, 0.6) is 0 Å². The molecule has 0 unspecified atom stereocenters. The minimum atomic E-state index is 0. The van der Waals surface area contributed by atoms with Crippen LogP contribution in [0.3, 0.4) is 0 Å². The first kappa shape index (κ1) is 82.2. The first-order valence-electron chi connectivity index (χ1n) is 0.183. The first-order valence-corrected chi connectivity index (χ1v) is 1.08. The summed E-state index contributed by atoms with van der Waals surface area (Å²) in [6, 6.07) is 0. The van der Waals surface area contributed by atoms with Crippen LogP contribution >= 0.6 is 0 Å². The predicted molar refractivity (Wildman–Crippen MR) is 13.2 cm³/mol. The van der Waals surface area contributed by atoms with Gasteiger partial charge in [0.15, 0.2) is 0 Å². The fourth-order valence-electron chi connectivity index (χ4n) is 0. The molecule has 0 fully saturated rings. The van der Waals surface area contributed by atoms with Gasteiger partial charge in [0.05, 0.1) is 0 Å². The molecule has 0 aromatic rings. The van der Waals surface area contributed by atoms with Crippen molar-refractivity contribution in [1.29, 1.82) is 0 Å². The second-order valence-corrected chi connectivity index (χ2v) is 0. The average molecular weight is 287 g/mol. The van der Waals surface area contributed by atoms with Crippen LogP contribution in [-0.2, 0) is 24.3 Å². The van der Waals surface area contributed by atoms with Crippen molar-refractivity contribution in [2.45, 2.75) is 0 Å². The van der Waals surface area contributed by atoms with Crippen LogP contribution in [0, 0.1) is 0 Å². The summed E-state index contributed by atoms with van der Waals surface area (Å²) in [6.45, 7) is 0. The molecule has 0 amide bonds. The summed E-state index contributed by atoms with van der Waals surface area (Å²) in [5.74, 6) is 0. The molecule has 0 saturated carbocycles. The van der Waals surface area contributed by atoms with Crippen LogP contribution in [0.1, 0.15) is 0 Å². The Kier molecular flexibility index (Phi) is 956. The molecule has 0 saturated heterocycles. The van der Waals surface area contributed by atoms with Gasteiger partial charge in [0.25, 0.3) is 0 Å². The van der Waals surface area contributed by atoms with E-state index >= 15 is 0 Å². The van der Waals surface area contributed by atoms with Crippen LogP contribution in [0.2, 0.25) is 0 Å². The topological polar surface area (TPSA) is 17.1 Å². The number of rotatable bonds is 0. The van der Waals surface area contributed by atoms with Gasteiger partial charge >= 0.3 is 127 Å². The summed E-state index contributed by atoms with van der Waals surface area (Å²) < 4.78 is 8.30. The Balaban J connectivity index is -0.000000000238. The zero-order valence-electron chi connectivity index (χ0n) is 4.90. The van der Waals surface area contributed by atoms with Gasteiger partial charge in [-0.15, -0.1) is 0 Å². The maximum absolute atomic E-state index is 8.30. The molecule has 0 aliphatic rings. The van der Waals surface area contributed by atoms with Gasteiger partial charge in [0.1, 0.15) is 0 Å². The van der Waals surface area contributed by atoms with Crippen molar-refractivity contribution in [3.05, 3.63) is 0 Å². The van der Waals surface area contributed by atoms with Gasteiger partial charge in [-0.3, -0.25) is 23.5 Å². The first-order chi connectivity index (χ1) is 1.00. The van der Waals surface area contributed by atoms with Crippen LogP contribution in [0.25, 0.3) is 0 Å². The molecule has 0 aromatic heterocycles. The summed E-state index contributed by atoms with van der Waals surface area (Å²) >= 11 is 0.500. The van der Waals surface area contributed by atoms with Gasteiger partial charge in [0.2, 0.25) is 0 Å². The van der Waals surface area contributed by atoms with E-state index < -0.39 is 0 Å². The molecule has 0 radical (unpaired) electrons. The maximum atomic E-state index is 8.30.